The SMILES string of the molecule is COc1ccc(OC)c(C(=O)Nc2ccc([N+](=O)[O-])c(C(F)(F)F)c2)c1. The molecule has 0 spiro atoms. The summed E-state index contributed by atoms with van der Waals surface area (Å²) in [6.45, 7) is 0. The van der Waals surface area contributed by atoms with E-state index in [0.29, 0.717) is 17.9 Å². The molecule has 138 valence electrons. The molecule has 0 heterocycles. The first-order chi connectivity index (χ1) is 12.2. The zero-order valence-corrected chi connectivity index (χ0v) is 13.6. The Morgan fingerprint density at radius 1 is 1.12 bits per heavy atom. The van der Waals surface area contributed by atoms with E-state index in [1.807, 2.05) is 0 Å². The number of halogens is 3. The van der Waals surface area contributed by atoms with Crippen LogP contribution in [0.3, 0.4) is 0 Å². The van der Waals surface area contributed by atoms with E-state index >= 15 is 0 Å². The number of alkyl halides is 3. The summed E-state index contributed by atoms with van der Waals surface area (Å²) in [5.41, 5.74) is -2.79. The molecule has 0 aromatic heterocycles. The van der Waals surface area contributed by atoms with Crippen molar-refractivity contribution in [3.05, 3.63) is 57.6 Å². The monoisotopic (exact) mass is 370 g/mol. The van der Waals surface area contributed by atoms with E-state index < -0.39 is 28.3 Å². The maximum atomic E-state index is 13.0. The average molecular weight is 370 g/mol. The zero-order valence-electron chi connectivity index (χ0n) is 13.6. The summed E-state index contributed by atoms with van der Waals surface area (Å²) in [6.07, 6.45) is -4.95. The lowest BCUT2D eigenvalue weighted by Crippen LogP contribution is -2.15. The van der Waals surface area contributed by atoms with Crippen molar-refractivity contribution >= 4 is 17.3 Å². The molecule has 0 bridgehead atoms. The first kappa shape index (κ1) is 19.0. The van der Waals surface area contributed by atoms with Gasteiger partial charge in [-0.3, -0.25) is 14.9 Å². The maximum absolute atomic E-state index is 13.0. The lowest BCUT2D eigenvalue weighted by atomic mass is 10.1. The van der Waals surface area contributed by atoms with E-state index in [0.717, 1.165) is 6.07 Å². The molecule has 0 atom stereocenters. The molecule has 0 fully saturated rings. The summed E-state index contributed by atoms with van der Waals surface area (Å²) < 4.78 is 49.1. The second-order valence-electron chi connectivity index (χ2n) is 5.01. The predicted octanol–water partition coefficient (Wildman–Crippen LogP) is 3.88. The Morgan fingerprint density at radius 2 is 1.81 bits per heavy atom. The van der Waals surface area contributed by atoms with Crippen molar-refractivity contribution in [2.45, 2.75) is 6.18 Å². The van der Waals surface area contributed by atoms with Gasteiger partial charge in [0, 0.05) is 11.8 Å². The van der Waals surface area contributed by atoms with Gasteiger partial charge in [0.2, 0.25) is 0 Å². The maximum Gasteiger partial charge on any atom is 0.423 e. The van der Waals surface area contributed by atoms with E-state index in [4.69, 9.17) is 9.47 Å². The molecule has 7 nitrogen and oxygen atoms in total. The highest BCUT2D eigenvalue weighted by Crippen LogP contribution is 2.37. The number of nitro groups is 1. The Balaban J connectivity index is 2.40. The summed E-state index contributed by atoms with van der Waals surface area (Å²) in [5, 5.41) is 13.0. The molecular weight excluding hydrogens is 357 g/mol. The Kier molecular flexibility index (Phi) is 5.34. The van der Waals surface area contributed by atoms with Crippen LogP contribution in [-0.2, 0) is 6.18 Å². The molecule has 2 rings (SSSR count). The van der Waals surface area contributed by atoms with Crippen LogP contribution in [0.2, 0.25) is 0 Å². The van der Waals surface area contributed by atoms with Gasteiger partial charge in [-0.2, -0.15) is 13.2 Å². The van der Waals surface area contributed by atoms with Crippen molar-refractivity contribution in [1.82, 2.24) is 0 Å². The third kappa shape index (κ3) is 4.02. The molecule has 0 saturated heterocycles. The summed E-state index contributed by atoms with van der Waals surface area (Å²) in [7, 11) is 2.71. The molecule has 1 amide bonds. The van der Waals surface area contributed by atoms with Crippen LogP contribution in [0.5, 0.6) is 11.5 Å². The minimum Gasteiger partial charge on any atom is -0.497 e. The summed E-state index contributed by atoms with van der Waals surface area (Å²) in [4.78, 5) is 22.0. The van der Waals surface area contributed by atoms with Gasteiger partial charge >= 0.3 is 6.18 Å². The summed E-state index contributed by atoms with van der Waals surface area (Å²) in [5.74, 6) is -0.236. The van der Waals surface area contributed by atoms with Crippen LogP contribution < -0.4 is 14.8 Å². The molecule has 1 N–H and O–H groups in total. The number of hydrogen-bond acceptors (Lipinski definition) is 5. The fourth-order valence-electron chi connectivity index (χ4n) is 2.19. The molecule has 10 heteroatoms. The van der Waals surface area contributed by atoms with Crippen molar-refractivity contribution < 1.29 is 32.4 Å². The van der Waals surface area contributed by atoms with E-state index in [2.05, 4.69) is 5.32 Å². The molecule has 0 saturated carbocycles. The number of methoxy groups -OCH3 is 2. The topological polar surface area (TPSA) is 90.7 Å². The molecule has 0 radical (unpaired) electrons. The molecule has 0 aliphatic heterocycles. The van der Waals surface area contributed by atoms with Crippen LogP contribution in [0.15, 0.2) is 36.4 Å². The molecule has 2 aromatic carbocycles. The highest BCUT2D eigenvalue weighted by Gasteiger charge is 2.38. The third-order valence-corrected chi connectivity index (χ3v) is 3.41. The largest absolute Gasteiger partial charge is 0.497 e. The summed E-state index contributed by atoms with van der Waals surface area (Å²) >= 11 is 0. The first-order valence-corrected chi connectivity index (χ1v) is 7.06. The van der Waals surface area contributed by atoms with E-state index in [1.54, 1.807) is 6.07 Å². The van der Waals surface area contributed by atoms with Crippen LogP contribution in [0.25, 0.3) is 0 Å². The van der Waals surface area contributed by atoms with Crippen LogP contribution in [0.1, 0.15) is 15.9 Å². The predicted molar refractivity (Wildman–Crippen MR) is 85.6 cm³/mol. The number of nitro benzene ring substituents is 1. The van der Waals surface area contributed by atoms with Gasteiger partial charge in [-0.1, -0.05) is 0 Å². The number of rotatable bonds is 5. The van der Waals surface area contributed by atoms with Gasteiger partial charge in [-0.05, 0) is 30.3 Å². The second-order valence-corrected chi connectivity index (χ2v) is 5.01. The fraction of sp³-hybridized carbons (Fsp3) is 0.188. The smallest absolute Gasteiger partial charge is 0.423 e. The quantitative estimate of drug-likeness (QED) is 0.637. The van der Waals surface area contributed by atoms with Crippen molar-refractivity contribution in [3.63, 3.8) is 0 Å². The highest BCUT2D eigenvalue weighted by atomic mass is 19.4. The van der Waals surface area contributed by atoms with Gasteiger partial charge in [0.1, 0.15) is 17.1 Å². The second kappa shape index (κ2) is 7.30. The summed E-state index contributed by atoms with van der Waals surface area (Å²) in [6, 6.07) is 6.56. The average Bonchev–Trinajstić information content (AvgIpc) is 2.60. The van der Waals surface area contributed by atoms with Gasteiger partial charge in [-0.15, -0.1) is 0 Å². The molecule has 0 aliphatic rings. The molecular formula is C16H13F3N2O5. The Morgan fingerprint density at radius 3 is 2.35 bits per heavy atom. The Labute approximate surface area is 145 Å². The molecule has 2 aromatic rings. The van der Waals surface area contributed by atoms with Gasteiger partial charge in [0.15, 0.2) is 0 Å². The minimum atomic E-state index is -4.95. The van der Waals surface area contributed by atoms with Crippen LogP contribution >= 0.6 is 0 Å². The Hall–Kier alpha value is -3.30. The standard InChI is InChI=1S/C16H13F3N2O5/c1-25-10-4-6-14(26-2)11(8-10)15(22)20-9-3-5-13(21(23)24)12(7-9)16(17,18)19/h3-8H,1-2H3,(H,20,22). The van der Waals surface area contributed by atoms with Crippen LogP contribution in [-0.4, -0.2) is 25.1 Å². The number of amides is 1. The van der Waals surface area contributed by atoms with Gasteiger partial charge in [0.05, 0.1) is 24.7 Å². The van der Waals surface area contributed by atoms with E-state index in [-0.39, 0.29) is 17.0 Å². The third-order valence-electron chi connectivity index (χ3n) is 3.41. The van der Waals surface area contributed by atoms with Crippen molar-refractivity contribution in [2.24, 2.45) is 0 Å². The number of hydrogen-bond donors (Lipinski definition) is 1. The van der Waals surface area contributed by atoms with Crippen LogP contribution in [0, 0.1) is 10.1 Å². The minimum absolute atomic E-state index is 0.0266. The number of nitrogens with one attached hydrogen (secondary N) is 1. The highest BCUT2D eigenvalue weighted by molar-refractivity contribution is 6.06. The number of carbonyl (C=O) groups excluding carboxylic acids is 1. The number of carbonyl (C=O) groups is 1. The van der Waals surface area contributed by atoms with Crippen molar-refractivity contribution in [1.29, 1.82) is 0 Å². The number of ether oxygens (including phenoxy) is 2. The lowest BCUT2D eigenvalue weighted by Gasteiger charge is -2.13. The van der Waals surface area contributed by atoms with Crippen molar-refractivity contribution in [3.8, 4) is 11.5 Å². The Bertz CT molecular complexity index is 852. The molecule has 0 unspecified atom stereocenters. The van der Waals surface area contributed by atoms with Crippen molar-refractivity contribution in [2.75, 3.05) is 19.5 Å². The van der Waals surface area contributed by atoms with Gasteiger partial charge < -0.3 is 14.8 Å². The lowest BCUT2D eigenvalue weighted by molar-refractivity contribution is -0.388. The van der Waals surface area contributed by atoms with E-state index in [9.17, 15) is 28.1 Å². The number of anilines is 1. The van der Waals surface area contributed by atoms with Gasteiger partial charge in [-0.25, -0.2) is 0 Å². The fourth-order valence-corrected chi connectivity index (χ4v) is 2.19. The van der Waals surface area contributed by atoms with E-state index in [1.165, 1.54) is 26.4 Å². The first-order valence-electron chi connectivity index (χ1n) is 7.06. The zero-order chi connectivity index (χ0) is 19.5. The number of nitrogens with zero attached hydrogens (tertiary/aromatic N) is 1. The van der Waals surface area contributed by atoms with Gasteiger partial charge in [0.25, 0.3) is 11.6 Å². The normalized spacial score (nSPS) is 11.0. The van der Waals surface area contributed by atoms with Crippen LogP contribution in [0.4, 0.5) is 24.5 Å². The number of benzene rings is 2. The molecule has 26 heavy (non-hydrogen) atoms. The molecule has 0 aliphatic carbocycles.